The predicted molar refractivity (Wildman–Crippen MR) is 93.6 cm³/mol. The number of rotatable bonds is 5. The van der Waals surface area contributed by atoms with E-state index in [1.807, 2.05) is 21.9 Å². The van der Waals surface area contributed by atoms with Crippen LogP contribution in [0.5, 0.6) is 0 Å². The van der Waals surface area contributed by atoms with Gasteiger partial charge < -0.3 is 14.5 Å². The van der Waals surface area contributed by atoms with Gasteiger partial charge in [-0.25, -0.2) is 0 Å². The predicted octanol–water partition coefficient (Wildman–Crippen LogP) is 1.85. The number of carbonyl (C=O) groups is 2. The summed E-state index contributed by atoms with van der Waals surface area (Å²) in [7, 11) is 1.62. The fourth-order valence-corrected chi connectivity index (χ4v) is 4.06. The van der Waals surface area contributed by atoms with Gasteiger partial charge in [0.1, 0.15) is 0 Å². The quantitative estimate of drug-likeness (QED) is 0.817. The first-order valence-corrected chi connectivity index (χ1v) is 9.05. The van der Waals surface area contributed by atoms with Crippen LogP contribution in [0.2, 0.25) is 0 Å². The van der Waals surface area contributed by atoms with E-state index < -0.39 is 0 Å². The van der Waals surface area contributed by atoms with E-state index in [0.29, 0.717) is 26.0 Å². The monoisotopic (exact) mass is 345 g/mol. The van der Waals surface area contributed by atoms with Gasteiger partial charge in [-0.1, -0.05) is 0 Å². The molecule has 2 fully saturated rings. The molecule has 2 aliphatic rings. The van der Waals surface area contributed by atoms with E-state index in [0.717, 1.165) is 44.5 Å². The molecule has 0 aliphatic carbocycles. The van der Waals surface area contributed by atoms with Gasteiger partial charge in [0.2, 0.25) is 11.8 Å². The van der Waals surface area contributed by atoms with E-state index in [9.17, 15) is 9.59 Å². The van der Waals surface area contributed by atoms with Crippen molar-refractivity contribution in [3.05, 3.63) is 30.1 Å². The van der Waals surface area contributed by atoms with Gasteiger partial charge in [0.05, 0.1) is 13.0 Å². The van der Waals surface area contributed by atoms with Crippen molar-refractivity contribution in [2.24, 2.45) is 5.41 Å². The van der Waals surface area contributed by atoms with E-state index in [1.54, 1.807) is 19.5 Å². The fraction of sp³-hybridized carbons (Fsp3) is 0.632. The minimum absolute atomic E-state index is 0.0436. The topological polar surface area (TPSA) is 62.7 Å². The summed E-state index contributed by atoms with van der Waals surface area (Å²) < 4.78 is 5.03. The number of piperidine rings is 2. The van der Waals surface area contributed by atoms with Crippen molar-refractivity contribution < 1.29 is 14.3 Å². The highest BCUT2D eigenvalue weighted by Gasteiger charge is 2.42. The molecule has 136 valence electrons. The SMILES string of the molecule is COCCC(=O)N1CCCC2(CCC(=O)N(Cc3ccncc3)C2)C1. The van der Waals surface area contributed by atoms with E-state index in [1.165, 1.54) is 0 Å². The van der Waals surface area contributed by atoms with Crippen LogP contribution in [0.25, 0.3) is 0 Å². The molecule has 0 N–H and O–H groups in total. The lowest BCUT2D eigenvalue weighted by Crippen LogP contribution is -2.54. The zero-order valence-electron chi connectivity index (χ0n) is 14.9. The third-order valence-corrected chi connectivity index (χ3v) is 5.41. The smallest absolute Gasteiger partial charge is 0.224 e. The van der Waals surface area contributed by atoms with Gasteiger partial charge >= 0.3 is 0 Å². The Balaban J connectivity index is 1.66. The second kappa shape index (κ2) is 7.95. The number of pyridine rings is 1. The molecule has 2 amide bonds. The highest BCUT2D eigenvalue weighted by Crippen LogP contribution is 2.39. The molecule has 3 rings (SSSR count). The normalized spacial score (nSPS) is 24.0. The summed E-state index contributed by atoms with van der Waals surface area (Å²) in [5.41, 5.74) is 1.14. The lowest BCUT2D eigenvalue weighted by molar-refractivity contribution is -0.144. The first-order chi connectivity index (χ1) is 12.1. The third-order valence-electron chi connectivity index (χ3n) is 5.41. The number of methoxy groups -OCH3 is 1. The number of hydrogen-bond donors (Lipinski definition) is 0. The lowest BCUT2D eigenvalue weighted by Gasteiger charge is -2.48. The number of hydrogen-bond acceptors (Lipinski definition) is 4. The second-order valence-corrected chi connectivity index (χ2v) is 7.27. The van der Waals surface area contributed by atoms with Crippen LogP contribution in [-0.4, -0.2) is 59.9 Å². The zero-order chi connectivity index (χ0) is 17.7. The molecule has 0 aromatic carbocycles. The molecule has 1 atom stereocenters. The Kier molecular flexibility index (Phi) is 5.68. The van der Waals surface area contributed by atoms with Crippen LogP contribution in [0.15, 0.2) is 24.5 Å². The average molecular weight is 345 g/mol. The summed E-state index contributed by atoms with van der Waals surface area (Å²) in [6, 6.07) is 3.91. The van der Waals surface area contributed by atoms with Gasteiger partial charge in [0.15, 0.2) is 0 Å². The van der Waals surface area contributed by atoms with E-state index in [-0.39, 0.29) is 17.2 Å². The van der Waals surface area contributed by atoms with Gasteiger partial charge in [0, 0.05) is 57.5 Å². The molecular formula is C19H27N3O3. The van der Waals surface area contributed by atoms with Crippen LogP contribution in [-0.2, 0) is 20.9 Å². The molecule has 6 nitrogen and oxygen atoms in total. The molecule has 0 radical (unpaired) electrons. The highest BCUT2D eigenvalue weighted by molar-refractivity contribution is 5.78. The maximum Gasteiger partial charge on any atom is 0.224 e. The van der Waals surface area contributed by atoms with Crippen molar-refractivity contribution in [3.8, 4) is 0 Å². The molecule has 0 bridgehead atoms. The first-order valence-electron chi connectivity index (χ1n) is 9.05. The molecule has 0 saturated carbocycles. The Hall–Kier alpha value is -1.95. The van der Waals surface area contributed by atoms with Crippen molar-refractivity contribution in [2.45, 2.75) is 38.6 Å². The summed E-state index contributed by atoms with van der Waals surface area (Å²) in [5.74, 6) is 0.378. The molecule has 1 aromatic rings. The summed E-state index contributed by atoms with van der Waals surface area (Å²) in [5, 5.41) is 0. The Morgan fingerprint density at radius 3 is 2.84 bits per heavy atom. The van der Waals surface area contributed by atoms with Gasteiger partial charge in [0.25, 0.3) is 0 Å². The van der Waals surface area contributed by atoms with Crippen LogP contribution < -0.4 is 0 Å². The molecule has 2 aliphatic heterocycles. The van der Waals surface area contributed by atoms with Crippen LogP contribution in [0.3, 0.4) is 0 Å². The number of carbonyl (C=O) groups excluding carboxylic acids is 2. The second-order valence-electron chi connectivity index (χ2n) is 7.27. The average Bonchev–Trinajstić information content (AvgIpc) is 2.64. The standard InChI is InChI=1S/C19H27N3O3/c1-25-12-6-18(24)21-11-2-7-19(14-21)8-3-17(23)22(15-19)13-16-4-9-20-10-5-16/h4-5,9-10H,2-3,6-8,11-15H2,1H3. The van der Waals surface area contributed by atoms with Crippen molar-refractivity contribution >= 4 is 11.8 Å². The van der Waals surface area contributed by atoms with Gasteiger partial charge in [-0.2, -0.15) is 0 Å². The maximum absolute atomic E-state index is 12.4. The maximum atomic E-state index is 12.4. The minimum Gasteiger partial charge on any atom is -0.384 e. The Labute approximate surface area is 149 Å². The van der Waals surface area contributed by atoms with Crippen molar-refractivity contribution in [1.29, 1.82) is 0 Å². The number of likely N-dealkylation sites (tertiary alicyclic amines) is 2. The third kappa shape index (κ3) is 4.37. The lowest BCUT2D eigenvalue weighted by atomic mass is 9.73. The first kappa shape index (κ1) is 17.9. The molecule has 1 aromatic heterocycles. The zero-order valence-corrected chi connectivity index (χ0v) is 14.9. The van der Waals surface area contributed by atoms with Crippen LogP contribution in [0.4, 0.5) is 0 Å². The largest absolute Gasteiger partial charge is 0.384 e. The van der Waals surface area contributed by atoms with Gasteiger partial charge in [-0.15, -0.1) is 0 Å². The van der Waals surface area contributed by atoms with Gasteiger partial charge in [-0.05, 0) is 37.0 Å². The summed E-state index contributed by atoms with van der Waals surface area (Å²) >= 11 is 0. The molecule has 1 spiro atoms. The number of amides is 2. The molecule has 6 heteroatoms. The molecule has 2 saturated heterocycles. The van der Waals surface area contributed by atoms with Crippen molar-refractivity contribution in [1.82, 2.24) is 14.8 Å². The van der Waals surface area contributed by atoms with Crippen LogP contribution in [0.1, 0.15) is 37.7 Å². The van der Waals surface area contributed by atoms with Gasteiger partial charge in [-0.3, -0.25) is 14.6 Å². The fourth-order valence-electron chi connectivity index (χ4n) is 4.06. The van der Waals surface area contributed by atoms with E-state index in [4.69, 9.17) is 4.74 Å². The number of ether oxygens (including phenoxy) is 1. The van der Waals surface area contributed by atoms with E-state index >= 15 is 0 Å². The molecule has 3 heterocycles. The number of nitrogens with zero attached hydrogens (tertiary/aromatic N) is 3. The van der Waals surface area contributed by atoms with E-state index in [2.05, 4.69) is 4.98 Å². The molecular weight excluding hydrogens is 318 g/mol. The Morgan fingerprint density at radius 2 is 2.08 bits per heavy atom. The Bertz CT molecular complexity index is 607. The minimum atomic E-state index is 0.0436. The van der Waals surface area contributed by atoms with Crippen molar-refractivity contribution in [2.75, 3.05) is 33.4 Å². The van der Waals surface area contributed by atoms with Crippen LogP contribution in [0, 0.1) is 5.41 Å². The molecule has 25 heavy (non-hydrogen) atoms. The van der Waals surface area contributed by atoms with Crippen LogP contribution >= 0.6 is 0 Å². The number of aromatic nitrogens is 1. The summed E-state index contributed by atoms with van der Waals surface area (Å²) in [6.45, 7) is 3.41. The van der Waals surface area contributed by atoms with Crippen molar-refractivity contribution in [3.63, 3.8) is 0 Å². The summed E-state index contributed by atoms with van der Waals surface area (Å²) in [6.07, 6.45) is 7.51. The summed E-state index contributed by atoms with van der Waals surface area (Å²) in [4.78, 5) is 32.7. The molecule has 1 unspecified atom stereocenters. The Morgan fingerprint density at radius 1 is 1.28 bits per heavy atom. The highest BCUT2D eigenvalue weighted by atomic mass is 16.5.